The molecule has 8 heteroatoms. The maximum absolute atomic E-state index is 12.7. The molecule has 0 saturated heterocycles. The van der Waals surface area contributed by atoms with Crippen LogP contribution < -0.4 is 10.2 Å². The van der Waals surface area contributed by atoms with E-state index < -0.39 is 18.0 Å². The summed E-state index contributed by atoms with van der Waals surface area (Å²) >= 11 is 7.65. The lowest BCUT2D eigenvalue weighted by atomic mass is 10.1. The molecule has 0 aliphatic carbocycles. The van der Waals surface area contributed by atoms with Crippen molar-refractivity contribution in [2.24, 2.45) is 5.10 Å². The van der Waals surface area contributed by atoms with Gasteiger partial charge in [-0.3, -0.25) is 4.79 Å². The number of amides is 1. The minimum Gasteiger partial charge on any atom is -0.422 e. The molecule has 4 aromatic rings. The number of nitrogens with one attached hydrogen (secondary N) is 1. The van der Waals surface area contributed by atoms with E-state index in [2.05, 4.69) is 10.5 Å². The van der Waals surface area contributed by atoms with E-state index in [1.807, 2.05) is 42.5 Å². The van der Waals surface area contributed by atoms with E-state index in [4.69, 9.17) is 21.1 Å². The summed E-state index contributed by atoms with van der Waals surface area (Å²) in [5.41, 5.74) is 3.83. The Bertz CT molecular complexity index is 1320. The molecule has 0 radical (unpaired) electrons. The normalized spacial score (nSPS) is 12.1. The highest BCUT2D eigenvalue weighted by Crippen LogP contribution is 2.35. The first-order valence-corrected chi connectivity index (χ1v) is 11.2. The van der Waals surface area contributed by atoms with Crippen LogP contribution in [-0.4, -0.2) is 25.2 Å². The third-order valence-electron chi connectivity index (χ3n) is 4.75. The van der Waals surface area contributed by atoms with Gasteiger partial charge in [0.25, 0.3) is 5.91 Å². The minimum absolute atomic E-state index is 0.336. The van der Waals surface area contributed by atoms with E-state index >= 15 is 0 Å². The number of ether oxygens (including phenoxy) is 2. The SMILES string of the molecule is COC(C(=O)N/N=C/c1cccc(OC(=O)c2sc3ccccc3c2Cl)c1)c1ccccc1. The topological polar surface area (TPSA) is 77.0 Å². The predicted octanol–water partition coefficient (Wildman–Crippen LogP) is 5.61. The van der Waals surface area contributed by atoms with Gasteiger partial charge in [-0.1, -0.05) is 72.3 Å². The van der Waals surface area contributed by atoms with Crippen LogP contribution >= 0.6 is 22.9 Å². The Morgan fingerprint density at radius 1 is 1.03 bits per heavy atom. The van der Waals surface area contributed by atoms with Gasteiger partial charge in [0.2, 0.25) is 0 Å². The first-order valence-electron chi connectivity index (χ1n) is 9.96. The third-order valence-corrected chi connectivity index (χ3v) is 6.41. The zero-order valence-corrected chi connectivity index (χ0v) is 19.1. The number of carbonyl (C=O) groups is 2. The summed E-state index contributed by atoms with van der Waals surface area (Å²) in [5, 5.41) is 5.19. The number of carbonyl (C=O) groups excluding carboxylic acids is 2. The Labute approximate surface area is 199 Å². The minimum atomic E-state index is -0.776. The van der Waals surface area contributed by atoms with Crippen molar-refractivity contribution in [2.45, 2.75) is 6.10 Å². The fourth-order valence-electron chi connectivity index (χ4n) is 3.21. The first kappa shape index (κ1) is 22.7. The van der Waals surface area contributed by atoms with E-state index in [-0.39, 0.29) is 0 Å². The molecule has 33 heavy (non-hydrogen) atoms. The Balaban J connectivity index is 1.42. The molecule has 1 unspecified atom stereocenters. The molecule has 1 heterocycles. The van der Waals surface area contributed by atoms with Gasteiger partial charge in [0, 0.05) is 17.2 Å². The number of esters is 1. The monoisotopic (exact) mass is 478 g/mol. The average molecular weight is 479 g/mol. The van der Waals surface area contributed by atoms with Crippen molar-refractivity contribution in [2.75, 3.05) is 7.11 Å². The molecular formula is C25H19ClN2O4S. The summed E-state index contributed by atoms with van der Waals surface area (Å²) in [6, 6.07) is 23.4. The van der Waals surface area contributed by atoms with E-state index in [1.54, 1.807) is 36.4 Å². The number of fused-ring (bicyclic) bond motifs is 1. The van der Waals surface area contributed by atoms with Crippen LogP contribution in [-0.2, 0) is 9.53 Å². The second-order valence-corrected chi connectivity index (χ2v) is 8.39. The lowest BCUT2D eigenvalue weighted by Crippen LogP contribution is -2.26. The zero-order valence-electron chi connectivity index (χ0n) is 17.5. The highest BCUT2D eigenvalue weighted by molar-refractivity contribution is 7.21. The van der Waals surface area contributed by atoms with Crippen molar-refractivity contribution < 1.29 is 19.1 Å². The van der Waals surface area contributed by atoms with Crippen LogP contribution in [0.15, 0.2) is 84.0 Å². The lowest BCUT2D eigenvalue weighted by molar-refractivity contribution is -0.131. The molecule has 1 aromatic heterocycles. The van der Waals surface area contributed by atoms with Gasteiger partial charge in [0.05, 0.1) is 11.2 Å². The Kier molecular flexibility index (Phi) is 7.14. The van der Waals surface area contributed by atoms with Crippen molar-refractivity contribution in [1.29, 1.82) is 0 Å². The van der Waals surface area contributed by atoms with Gasteiger partial charge >= 0.3 is 5.97 Å². The maximum atomic E-state index is 12.7. The highest BCUT2D eigenvalue weighted by Gasteiger charge is 2.20. The molecule has 1 atom stereocenters. The molecule has 0 aliphatic heterocycles. The molecular weight excluding hydrogens is 460 g/mol. The quantitative estimate of drug-likeness (QED) is 0.162. The van der Waals surface area contributed by atoms with Crippen molar-refractivity contribution >= 4 is 51.1 Å². The fraction of sp³-hybridized carbons (Fsp3) is 0.0800. The highest BCUT2D eigenvalue weighted by atomic mass is 35.5. The van der Waals surface area contributed by atoms with Gasteiger partial charge in [-0.05, 0) is 29.3 Å². The second-order valence-electron chi connectivity index (χ2n) is 6.96. The van der Waals surface area contributed by atoms with Gasteiger partial charge in [0.15, 0.2) is 6.10 Å². The molecule has 3 aromatic carbocycles. The molecule has 0 aliphatic rings. The van der Waals surface area contributed by atoms with Crippen LogP contribution in [0.1, 0.15) is 26.9 Å². The van der Waals surface area contributed by atoms with Crippen LogP contribution in [0.5, 0.6) is 5.75 Å². The lowest BCUT2D eigenvalue weighted by Gasteiger charge is -2.13. The van der Waals surface area contributed by atoms with Gasteiger partial charge < -0.3 is 9.47 Å². The summed E-state index contributed by atoms with van der Waals surface area (Å²) in [7, 11) is 1.46. The van der Waals surface area contributed by atoms with Crippen LogP contribution in [0.2, 0.25) is 5.02 Å². The largest absolute Gasteiger partial charge is 0.422 e. The first-order chi connectivity index (χ1) is 16.1. The van der Waals surface area contributed by atoms with Gasteiger partial charge in [-0.2, -0.15) is 5.10 Å². The molecule has 1 N–H and O–H groups in total. The van der Waals surface area contributed by atoms with Crippen LogP contribution in [0, 0.1) is 0 Å². The fourth-order valence-corrected chi connectivity index (χ4v) is 4.59. The molecule has 0 saturated carbocycles. The smallest absolute Gasteiger partial charge is 0.355 e. The van der Waals surface area contributed by atoms with Gasteiger partial charge in [-0.25, -0.2) is 10.2 Å². The number of hydrogen-bond acceptors (Lipinski definition) is 6. The molecule has 1 amide bonds. The summed E-state index contributed by atoms with van der Waals surface area (Å²) in [5.74, 6) is -0.598. The number of halogens is 1. The summed E-state index contributed by atoms with van der Waals surface area (Å²) in [6.45, 7) is 0. The number of nitrogens with zero attached hydrogens (tertiary/aromatic N) is 1. The van der Waals surface area contributed by atoms with E-state index in [0.717, 1.165) is 15.6 Å². The maximum Gasteiger partial charge on any atom is 0.355 e. The molecule has 0 fully saturated rings. The number of thiophene rings is 1. The molecule has 4 rings (SSSR count). The van der Waals surface area contributed by atoms with Crippen molar-refractivity contribution in [1.82, 2.24) is 5.43 Å². The standard InChI is InChI=1S/C25H19ClN2O4S/c1-31-22(17-9-3-2-4-10-17)24(29)28-27-15-16-8-7-11-18(14-16)32-25(30)23-21(26)19-12-5-6-13-20(19)33-23/h2-15,22H,1H3,(H,28,29)/b27-15+. The third kappa shape index (κ3) is 5.28. The Morgan fingerprint density at radius 2 is 1.79 bits per heavy atom. The number of hydrazone groups is 1. The molecule has 6 nitrogen and oxygen atoms in total. The summed E-state index contributed by atoms with van der Waals surface area (Å²) in [4.78, 5) is 25.4. The number of hydrogen-bond donors (Lipinski definition) is 1. The van der Waals surface area contributed by atoms with Crippen molar-refractivity contribution in [3.8, 4) is 5.75 Å². The van der Waals surface area contributed by atoms with Crippen LogP contribution in [0.3, 0.4) is 0 Å². The summed E-state index contributed by atoms with van der Waals surface area (Å²) < 4.78 is 11.7. The zero-order chi connectivity index (χ0) is 23.2. The Morgan fingerprint density at radius 3 is 2.55 bits per heavy atom. The molecule has 0 spiro atoms. The van der Waals surface area contributed by atoms with Crippen LogP contribution in [0.4, 0.5) is 0 Å². The number of methoxy groups -OCH3 is 1. The molecule has 166 valence electrons. The van der Waals surface area contributed by atoms with Gasteiger partial charge in [-0.15, -0.1) is 11.3 Å². The number of rotatable bonds is 7. The molecule has 0 bridgehead atoms. The van der Waals surface area contributed by atoms with Crippen molar-refractivity contribution in [3.63, 3.8) is 0 Å². The van der Waals surface area contributed by atoms with Gasteiger partial charge in [0.1, 0.15) is 10.6 Å². The summed E-state index contributed by atoms with van der Waals surface area (Å²) in [6.07, 6.45) is 0.681. The second kappa shape index (κ2) is 10.4. The van der Waals surface area contributed by atoms with E-state index in [1.165, 1.54) is 24.7 Å². The predicted molar refractivity (Wildman–Crippen MR) is 130 cm³/mol. The van der Waals surface area contributed by atoms with E-state index in [9.17, 15) is 9.59 Å². The Hall–Kier alpha value is -3.52. The average Bonchev–Trinajstić information content (AvgIpc) is 3.17. The van der Waals surface area contributed by atoms with Crippen LogP contribution in [0.25, 0.3) is 10.1 Å². The van der Waals surface area contributed by atoms with Crippen molar-refractivity contribution in [3.05, 3.63) is 99.9 Å². The number of benzene rings is 3. The van der Waals surface area contributed by atoms with E-state index in [0.29, 0.717) is 21.2 Å².